The summed E-state index contributed by atoms with van der Waals surface area (Å²) in [6.45, 7) is 2.11. The van der Waals surface area contributed by atoms with E-state index in [0.717, 1.165) is 23.8 Å². The zero-order valence-electron chi connectivity index (χ0n) is 10.6. The Morgan fingerprint density at radius 1 is 1.26 bits per heavy atom. The molecule has 0 saturated heterocycles. The van der Waals surface area contributed by atoms with E-state index >= 15 is 0 Å². The molecule has 2 rings (SSSR count). The average molecular weight is 254 g/mol. The van der Waals surface area contributed by atoms with Gasteiger partial charge >= 0.3 is 5.97 Å². The van der Waals surface area contributed by atoms with Gasteiger partial charge in [0, 0.05) is 17.8 Å². The summed E-state index contributed by atoms with van der Waals surface area (Å²) < 4.78 is 0. The van der Waals surface area contributed by atoms with Crippen LogP contribution >= 0.6 is 0 Å². The largest absolute Gasteiger partial charge is 0.478 e. The second-order valence-electron chi connectivity index (χ2n) is 4.02. The van der Waals surface area contributed by atoms with Gasteiger partial charge in [-0.1, -0.05) is 31.2 Å². The van der Waals surface area contributed by atoms with Crippen molar-refractivity contribution in [2.75, 3.05) is 0 Å². The third-order valence-corrected chi connectivity index (χ3v) is 2.71. The second-order valence-corrected chi connectivity index (χ2v) is 4.02. The van der Waals surface area contributed by atoms with E-state index in [0.29, 0.717) is 5.82 Å². The van der Waals surface area contributed by atoms with Gasteiger partial charge in [0.2, 0.25) is 0 Å². The van der Waals surface area contributed by atoms with Crippen molar-refractivity contribution >= 4 is 12.0 Å². The average Bonchev–Trinajstić information content (AvgIpc) is 2.45. The molecule has 0 atom stereocenters. The first-order valence-corrected chi connectivity index (χ1v) is 6.02. The van der Waals surface area contributed by atoms with Gasteiger partial charge in [0.25, 0.3) is 0 Å². The van der Waals surface area contributed by atoms with Crippen LogP contribution in [-0.4, -0.2) is 21.0 Å². The maximum absolute atomic E-state index is 10.5. The van der Waals surface area contributed by atoms with Crippen LogP contribution in [0.5, 0.6) is 0 Å². The zero-order chi connectivity index (χ0) is 13.7. The Balaban J connectivity index is 2.29. The smallest absolute Gasteiger partial charge is 0.328 e. The highest BCUT2D eigenvalue weighted by Gasteiger charge is 2.01. The molecule has 96 valence electrons. The highest BCUT2D eigenvalue weighted by Crippen LogP contribution is 2.17. The van der Waals surface area contributed by atoms with Crippen LogP contribution in [0.2, 0.25) is 0 Å². The van der Waals surface area contributed by atoms with Crippen LogP contribution in [0, 0.1) is 0 Å². The van der Waals surface area contributed by atoms with E-state index in [2.05, 4.69) is 29.0 Å². The van der Waals surface area contributed by atoms with Crippen LogP contribution < -0.4 is 0 Å². The summed E-state index contributed by atoms with van der Waals surface area (Å²) in [4.78, 5) is 18.8. The Labute approximate surface area is 111 Å². The van der Waals surface area contributed by atoms with Crippen molar-refractivity contribution in [1.29, 1.82) is 0 Å². The topological polar surface area (TPSA) is 63.1 Å². The quantitative estimate of drug-likeness (QED) is 0.852. The monoisotopic (exact) mass is 254 g/mol. The maximum Gasteiger partial charge on any atom is 0.328 e. The molecule has 1 aromatic carbocycles. The Morgan fingerprint density at radius 3 is 2.63 bits per heavy atom. The molecule has 0 aliphatic rings. The van der Waals surface area contributed by atoms with E-state index in [-0.39, 0.29) is 0 Å². The van der Waals surface area contributed by atoms with E-state index in [9.17, 15) is 4.79 Å². The molecule has 0 bridgehead atoms. The highest BCUT2D eigenvalue weighted by molar-refractivity contribution is 5.84. The number of aryl methyl sites for hydroxylation is 1. The number of aromatic nitrogens is 2. The van der Waals surface area contributed by atoms with E-state index in [1.54, 1.807) is 12.3 Å². The lowest BCUT2D eigenvalue weighted by Gasteiger charge is -2.03. The molecule has 4 nitrogen and oxygen atoms in total. The summed E-state index contributed by atoms with van der Waals surface area (Å²) in [7, 11) is 0. The minimum absolute atomic E-state index is 0.388. The lowest BCUT2D eigenvalue weighted by Crippen LogP contribution is -1.92. The summed E-state index contributed by atoms with van der Waals surface area (Å²) in [6.07, 6.45) is 5.03. The molecule has 1 N–H and O–H groups in total. The third kappa shape index (κ3) is 3.48. The third-order valence-electron chi connectivity index (χ3n) is 2.71. The van der Waals surface area contributed by atoms with E-state index in [4.69, 9.17) is 5.11 Å². The first-order chi connectivity index (χ1) is 9.19. The molecule has 0 aliphatic carbocycles. The van der Waals surface area contributed by atoms with Crippen molar-refractivity contribution in [3.8, 4) is 11.3 Å². The first-order valence-electron chi connectivity index (χ1n) is 6.02. The summed E-state index contributed by atoms with van der Waals surface area (Å²) in [6, 6.07) is 9.94. The molecular weight excluding hydrogens is 240 g/mol. The van der Waals surface area contributed by atoms with E-state index in [1.165, 1.54) is 11.6 Å². The molecule has 1 heterocycles. The lowest BCUT2D eigenvalue weighted by atomic mass is 10.1. The number of aliphatic carboxylic acids is 1. The minimum Gasteiger partial charge on any atom is -0.478 e. The second kappa shape index (κ2) is 5.91. The Morgan fingerprint density at radius 2 is 2.00 bits per heavy atom. The van der Waals surface area contributed by atoms with Gasteiger partial charge in [0.05, 0.1) is 5.69 Å². The van der Waals surface area contributed by atoms with Gasteiger partial charge in [-0.2, -0.15) is 0 Å². The predicted molar refractivity (Wildman–Crippen MR) is 73.5 cm³/mol. The number of rotatable bonds is 4. The molecule has 0 fully saturated rings. The molecule has 1 aromatic heterocycles. The van der Waals surface area contributed by atoms with Crippen molar-refractivity contribution in [1.82, 2.24) is 9.97 Å². The van der Waals surface area contributed by atoms with Crippen LogP contribution in [-0.2, 0) is 11.2 Å². The Bertz CT molecular complexity index is 604. The van der Waals surface area contributed by atoms with Crippen LogP contribution in [0.15, 0.2) is 42.6 Å². The molecule has 0 unspecified atom stereocenters. The van der Waals surface area contributed by atoms with Gasteiger partial charge in [0.1, 0.15) is 0 Å². The maximum atomic E-state index is 10.5. The van der Waals surface area contributed by atoms with Crippen molar-refractivity contribution < 1.29 is 9.90 Å². The highest BCUT2D eigenvalue weighted by atomic mass is 16.4. The van der Waals surface area contributed by atoms with Crippen molar-refractivity contribution in [2.45, 2.75) is 13.3 Å². The molecule has 0 aliphatic heterocycles. The number of carboxylic acids is 1. The number of nitrogens with zero attached hydrogens (tertiary/aromatic N) is 2. The van der Waals surface area contributed by atoms with Crippen LogP contribution in [0.25, 0.3) is 17.3 Å². The first kappa shape index (κ1) is 13.0. The van der Waals surface area contributed by atoms with Crippen LogP contribution in [0.3, 0.4) is 0 Å². The lowest BCUT2D eigenvalue weighted by molar-refractivity contribution is -0.131. The van der Waals surface area contributed by atoms with Crippen molar-refractivity contribution in [3.63, 3.8) is 0 Å². The number of hydrogen-bond acceptors (Lipinski definition) is 3. The van der Waals surface area contributed by atoms with E-state index < -0.39 is 5.97 Å². The fourth-order valence-corrected chi connectivity index (χ4v) is 1.67. The molecule has 0 spiro atoms. The van der Waals surface area contributed by atoms with Crippen molar-refractivity contribution in [2.24, 2.45) is 0 Å². The molecule has 4 heteroatoms. The van der Waals surface area contributed by atoms with Gasteiger partial charge in [-0.05, 0) is 24.1 Å². The Hall–Kier alpha value is -2.49. The Kier molecular flexibility index (Phi) is 4.03. The van der Waals surface area contributed by atoms with Gasteiger partial charge < -0.3 is 5.11 Å². The van der Waals surface area contributed by atoms with Gasteiger partial charge in [0.15, 0.2) is 5.82 Å². The van der Waals surface area contributed by atoms with Gasteiger partial charge in [-0.25, -0.2) is 14.8 Å². The van der Waals surface area contributed by atoms with Crippen LogP contribution in [0.1, 0.15) is 18.3 Å². The molecule has 2 aromatic rings. The summed E-state index contributed by atoms with van der Waals surface area (Å²) >= 11 is 0. The summed E-state index contributed by atoms with van der Waals surface area (Å²) in [5.74, 6) is -0.624. The standard InChI is InChI=1S/C15H14N2O2/c1-2-11-3-5-12(6-4-11)13-9-10-16-14(17-13)7-8-15(18)19/h3-10H,2H2,1H3,(H,18,19)/b8-7+. The zero-order valence-corrected chi connectivity index (χ0v) is 10.6. The molecule has 0 saturated carbocycles. The van der Waals surface area contributed by atoms with Gasteiger partial charge in [-0.15, -0.1) is 0 Å². The van der Waals surface area contributed by atoms with Crippen molar-refractivity contribution in [3.05, 3.63) is 54.0 Å². The SMILES string of the molecule is CCc1ccc(-c2ccnc(/C=C/C(=O)O)n2)cc1. The molecule has 0 radical (unpaired) electrons. The van der Waals surface area contributed by atoms with Gasteiger partial charge in [-0.3, -0.25) is 0 Å². The normalized spacial score (nSPS) is 10.8. The fraction of sp³-hybridized carbons (Fsp3) is 0.133. The number of benzene rings is 1. The predicted octanol–water partition coefficient (Wildman–Crippen LogP) is 2.80. The molecular formula is C15H14N2O2. The molecule has 0 amide bonds. The van der Waals surface area contributed by atoms with Crippen LogP contribution in [0.4, 0.5) is 0 Å². The summed E-state index contributed by atoms with van der Waals surface area (Å²) in [5.41, 5.74) is 3.04. The van der Waals surface area contributed by atoms with E-state index in [1.807, 2.05) is 12.1 Å². The number of carbonyl (C=O) groups is 1. The fourth-order valence-electron chi connectivity index (χ4n) is 1.67. The number of hydrogen-bond donors (Lipinski definition) is 1. The number of carboxylic acid groups (broad SMARTS) is 1. The minimum atomic E-state index is -1.01. The molecule has 19 heavy (non-hydrogen) atoms. The summed E-state index contributed by atoms with van der Waals surface area (Å²) in [5, 5.41) is 8.58.